The number of rotatable bonds is 7. The standard InChI is InChI=1S/C15H15FN4O5S/c1-25-19-20(22)10-15(21)17-13-4-2-3-5-14(13)18-26(23,24)12-8-6-11(16)7-9-12/h2-9,18H,10H2,1H3,(H,17,21)/b20-19+. The molecule has 0 saturated heterocycles. The molecule has 26 heavy (non-hydrogen) atoms. The van der Waals surface area contributed by atoms with E-state index in [1.807, 2.05) is 0 Å². The van der Waals surface area contributed by atoms with Crippen molar-refractivity contribution in [2.24, 2.45) is 5.28 Å². The molecule has 2 rings (SSSR count). The molecule has 0 aliphatic heterocycles. The van der Waals surface area contributed by atoms with Crippen molar-refractivity contribution in [2.75, 3.05) is 23.7 Å². The number of hydrogen-bond acceptors (Lipinski definition) is 6. The van der Waals surface area contributed by atoms with E-state index in [1.54, 1.807) is 12.1 Å². The number of benzene rings is 2. The number of para-hydroxylation sites is 2. The van der Waals surface area contributed by atoms with E-state index in [2.05, 4.69) is 20.2 Å². The molecule has 0 spiro atoms. The summed E-state index contributed by atoms with van der Waals surface area (Å²) in [6, 6.07) is 10.3. The molecular weight excluding hydrogens is 367 g/mol. The Kier molecular flexibility index (Phi) is 6.07. The third-order valence-corrected chi connectivity index (χ3v) is 4.40. The number of hydrogen-bond donors (Lipinski definition) is 2. The van der Waals surface area contributed by atoms with Crippen molar-refractivity contribution in [3.8, 4) is 0 Å². The number of amides is 1. The summed E-state index contributed by atoms with van der Waals surface area (Å²) in [7, 11) is -2.84. The van der Waals surface area contributed by atoms with E-state index < -0.39 is 28.3 Å². The number of carbonyl (C=O) groups is 1. The Balaban J connectivity index is 2.19. The van der Waals surface area contributed by atoms with Crippen LogP contribution in [0, 0.1) is 11.0 Å². The number of halogens is 1. The maximum absolute atomic E-state index is 13.0. The number of nitrogens with one attached hydrogen (secondary N) is 2. The molecule has 138 valence electrons. The highest BCUT2D eigenvalue weighted by Gasteiger charge is 2.17. The van der Waals surface area contributed by atoms with Crippen LogP contribution in [0.4, 0.5) is 15.8 Å². The van der Waals surface area contributed by atoms with Crippen LogP contribution in [0.2, 0.25) is 0 Å². The molecule has 0 aliphatic carbocycles. The van der Waals surface area contributed by atoms with E-state index in [1.165, 1.54) is 12.1 Å². The number of anilines is 2. The highest BCUT2D eigenvalue weighted by Crippen LogP contribution is 2.24. The predicted molar refractivity (Wildman–Crippen MR) is 90.2 cm³/mol. The summed E-state index contributed by atoms with van der Waals surface area (Å²) in [5, 5.41) is 16.6. The second kappa shape index (κ2) is 8.25. The fourth-order valence-electron chi connectivity index (χ4n) is 1.93. The van der Waals surface area contributed by atoms with Gasteiger partial charge in [0.1, 0.15) is 12.9 Å². The molecular formula is C15H15FN4O5S. The van der Waals surface area contributed by atoms with Crippen LogP contribution < -0.4 is 10.0 Å². The van der Waals surface area contributed by atoms with E-state index in [-0.39, 0.29) is 21.1 Å². The van der Waals surface area contributed by atoms with Gasteiger partial charge in [-0.05, 0) is 41.3 Å². The number of sulfonamides is 1. The molecule has 0 atom stereocenters. The van der Waals surface area contributed by atoms with Crippen LogP contribution in [-0.2, 0) is 19.7 Å². The molecule has 0 bridgehead atoms. The van der Waals surface area contributed by atoms with Crippen molar-refractivity contribution in [1.29, 1.82) is 0 Å². The molecule has 2 aromatic rings. The summed E-state index contributed by atoms with van der Waals surface area (Å²) in [4.78, 5) is 16.0. The first kappa shape index (κ1) is 19.1. The average Bonchev–Trinajstić information content (AvgIpc) is 2.57. The topological polar surface area (TPSA) is 123 Å². The summed E-state index contributed by atoms with van der Waals surface area (Å²) in [5.41, 5.74) is 0.209. The van der Waals surface area contributed by atoms with Gasteiger partial charge in [0.15, 0.2) is 5.28 Å². The van der Waals surface area contributed by atoms with E-state index in [0.717, 1.165) is 31.4 Å². The van der Waals surface area contributed by atoms with Crippen molar-refractivity contribution in [1.82, 2.24) is 0 Å². The van der Waals surface area contributed by atoms with Crippen LogP contribution in [-0.4, -0.2) is 32.8 Å². The monoisotopic (exact) mass is 382 g/mol. The Hall–Kier alpha value is -3.21. The maximum Gasteiger partial charge on any atom is 0.294 e. The Morgan fingerprint density at radius 3 is 2.42 bits per heavy atom. The molecule has 0 heterocycles. The third kappa shape index (κ3) is 5.14. The van der Waals surface area contributed by atoms with Crippen LogP contribution in [0.15, 0.2) is 58.7 Å². The number of nitrogens with zero attached hydrogens (tertiary/aromatic N) is 2. The van der Waals surface area contributed by atoms with Gasteiger partial charge in [0.2, 0.25) is 0 Å². The lowest BCUT2D eigenvalue weighted by atomic mass is 10.2. The molecule has 2 aromatic carbocycles. The zero-order valence-corrected chi connectivity index (χ0v) is 14.4. The smallest absolute Gasteiger partial charge is 0.294 e. The fraction of sp³-hybridized carbons (Fsp3) is 0.133. The van der Waals surface area contributed by atoms with Gasteiger partial charge >= 0.3 is 0 Å². The van der Waals surface area contributed by atoms with Crippen molar-refractivity contribution in [2.45, 2.75) is 4.90 Å². The van der Waals surface area contributed by atoms with Gasteiger partial charge in [-0.1, -0.05) is 12.1 Å². The zero-order valence-electron chi connectivity index (χ0n) is 13.5. The van der Waals surface area contributed by atoms with Crippen molar-refractivity contribution < 1.29 is 27.3 Å². The van der Waals surface area contributed by atoms with Crippen LogP contribution in [0.1, 0.15) is 0 Å². The first-order valence-electron chi connectivity index (χ1n) is 7.18. The molecule has 0 aliphatic rings. The van der Waals surface area contributed by atoms with Gasteiger partial charge < -0.3 is 15.4 Å². The average molecular weight is 382 g/mol. The van der Waals surface area contributed by atoms with E-state index in [0.29, 0.717) is 0 Å². The quantitative estimate of drug-likeness (QED) is 0.431. The lowest BCUT2D eigenvalue weighted by molar-refractivity contribution is -0.546. The second-order valence-corrected chi connectivity index (χ2v) is 6.61. The molecule has 0 unspecified atom stereocenters. The Morgan fingerprint density at radius 1 is 1.19 bits per heavy atom. The van der Waals surface area contributed by atoms with Crippen LogP contribution in [0.5, 0.6) is 0 Å². The molecule has 11 heteroatoms. The Labute approximate surface area is 148 Å². The van der Waals surface area contributed by atoms with Gasteiger partial charge in [0.25, 0.3) is 22.5 Å². The molecule has 0 radical (unpaired) electrons. The van der Waals surface area contributed by atoms with Gasteiger partial charge in [-0.2, -0.15) is 0 Å². The van der Waals surface area contributed by atoms with Gasteiger partial charge in [0.05, 0.1) is 16.3 Å². The summed E-state index contributed by atoms with van der Waals surface area (Å²) in [5.74, 6) is -1.30. The molecule has 1 amide bonds. The number of carbonyl (C=O) groups excluding carboxylic acids is 1. The minimum absolute atomic E-state index is 0.0284. The maximum atomic E-state index is 13.0. The third-order valence-electron chi connectivity index (χ3n) is 3.02. The van der Waals surface area contributed by atoms with Gasteiger partial charge in [-0.3, -0.25) is 9.52 Å². The van der Waals surface area contributed by atoms with Crippen LogP contribution in [0.3, 0.4) is 0 Å². The van der Waals surface area contributed by atoms with E-state index >= 15 is 0 Å². The van der Waals surface area contributed by atoms with Crippen LogP contribution >= 0.6 is 0 Å². The molecule has 0 fully saturated rings. The predicted octanol–water partition coefficient (Wildman–Crippen LogP) is 2.09. The molecule has 0 aromatic heterocycles. The Bertz CT molecular complexity index is 916. The van der Waals surface area contributed by atoms with Gasteiger partial charge in [0, 0.05) is 0 Å². The largest absolute Gasteiger partial charge is 0.597 e. The molecule has 9 nitrogen and oxygen atoms in total. The van der Waals surface area contributed by atoms with Gasteiger partial charge in [-0.25, -0.2) is 12.8 Å². The first-order valence-corrected chi connectivity index (χ1v) is 8.66. The van der Waals surface area contributed by atoms with Crippen molar-refractivity contribution in [3.05, 3.63) is 59.6 Å². The SMILES string of the molecule is CO/N=[N+](/[O-])CC(=O)Nc1ccccc1NS(=O)(=O)c1ccc(F)cc1. The highest BCUT2D eigenvalue weighted by atomic mass is 32.2. The van der Waals surface area contributed by atoms with E-state index in [4.69, 9.17) is 0 Å². The second-order valence-electron chi connectivity index (χ2n) is 4.93. The fourth-order valence-corrected chi connectivity index (χ4v) is 3.01. The van der Waals surface area contributed by atoms with Gasteiger partial charge in [-0.15, -0.1) is 0 Å². The summed E-state index contributed by atoms with van der Waals surface area (Å²) < 4.78 is 40.0. The summed E-state index contributed by atoms with van der Waals surface area (Å²) >= 11 is 0. The lowest BCUT2D eigenvalue weighted by Crippen LogP contribution is -2.23. The van der Waals surface area contributed by atoms with Crippen molar-refractivity contribution in [3.63, 3.8) is 0 Å². The first-order chi connectivity index (χ1) is 12.3. The van der Waals surface area contributed by atoms with Crippen molar-refractivity contribution >= 4 is 27.3 Å². The van der Waals surface area contributed by atoms with E-state index in [9.17, 15) is 22.8 Å². The van der Waals surface area contributed by atoms with Crippen LogP contribution in [0.25, 0.3) is 0 Å². The minimum Gasteiger partial charge on any atom is -0.597 e. The zero-order chi connectivity index (χ0) is 19.2. The molecule has 0 saturated carbocycles. The lowest BCUT2D eigenvalue weighted by Gasteiger charge is -2.13. The summed E-state index contributed by atoms with van der Waals surface area (Å²) in [6.07, 6.45) is 0. The Morgan fingerprint density at radius 2 is 1.81 bits per heavy atom. The normalized spacial score (nSPS) is 11.7. The number of hydroxylamine groups is 1. The summed E-state index contributed by atoms with van der Waals surface area (Å²) in [6.45, 7) is -0.646. The minimum atomic E-state index is -4.00. The molecule has 2 N–H and O–H groups in total. The highest BCUT2D eigenvalue weighted by molar-refractivity contribution is 7.92.